The predicted molar refractivity (Wildman–Crippen MR) is 123 cm³/mol. The Bertz CT molecular complexity index is 743. The van der Waals surface area contributed by atoms with Crippen molar-refractivity contribution in [3.05, 3.63) is 51.5 Å². The Morgan fingerprint density at radius 2 is 1.93 bits per heavy atom. The third-order valence-electron chi connectivity index (χ3n) is 3.82. The van der Waals surface area contributed by atoms with Crippen molar-refractivity contribution < 1.29 is 4.79 Å². The SMILES string of the molecule is CN=C(NCCCc1nc(C)cs1)NCc1ccc(C(=O)N(C)C)cc1.I. The van der Waals surface area contributed by atoms with Gasteiger partial charge in [0.2, 0.25) is 0 Å². The molecule has 1 heterocycles. The van der Waals surface area contributed by atoms with Crippen LogP contribution < -0.4 is 10.6 Å². The van der Waals surface area contributed by atoms with Crippen LogP contribution in [0.3, 0.4) is 0 Å². The fraction of sp³-hybridized carbons (Fsp3) is 0.421. The molecule has 0 fully saturated rings. The number of amides is 1. The van der Waals surface area contributed by atoms with Crippen molar-refractivity contribution >= 4 is 47.2 Å². The highest BCUT2D eigenvalue weighted by molar-refractivity contribution is 14.0. The molecule has 1 amide bonds. The van der Waals surface area contributed by atoms with Crippen molar-refractivity contribution in [2.45, 2.75) is 26.3 Å². The molecule has 0 aliphatic heterocycles. The van der Waals surface area contributed by atoms with Gasteiger partial charge in [-0.15, -0.1) is 35.3 Å². The van der Waals surface area contributed by atoms with Crippen LogP contribution in [0.15, 0.2) is 34.6 Å². The third-order valence-corrected chi connectivity index (χ3v) is 4.84. The van der Waals surface area contributed by atoms with Crippen molar-refractivity contribution in [3.8, 4) is 0 Å². The minimum absolute atomic E-state index is 0. The molecule has 2 aromatic rings. The van der Waals surface area contributed by atoms with Gasteiger partial charge in [-0.25, -0.2) is 4.98 Å². The Morgan fingerprint density at radius 3 is 2.48 bits per heavy atom. The molecule has 8 heteroatoms. The van der Waals surface area contributed by atoms with E-state index in [0.29, 0.717) is 12.1 Å². The molecular formula is C19H28IN5OS. The fourth-order valence-corrected chi connectivity index (χ4v) is 3.21. The van der Waals surface area contributed by atoms with E-state index in [9.17, 15) is 4.79 Å². The van der Waals surface area contributed by atoms with Crippen molar-refractivity contribution in [2.24, 2.45) is 4.99 Å². The van der Waals surface area contributed by atoms with Crippen LogP contribution in [0.1, 0.15) is 33.0 Å². The number of guanidine groups is 1. The van der Waals surface area contributed by atoms with E-state index >= 15 is 0 Å². The van der Waals surface area contributed by atoms with Gasteiger partial charge in [0.1, 0.15) is 0 Å². The molecular weight excluding hydrogens is 473 g/mol. The van der Waals surface area contributed by atoms with Crippen molar-refractivity contribution in [3.63, 3.8) is 0 Å². The fourth-order valence-electron chi connectivity index (χ4n) is 2.39. The molecule has 0 atom stereocenters. The lowest BCUT2D eigenvalue weighted by Gasteiger charge is -2.13. The van der Waals surface area contributed by atoms with Crippen LogP contribution in [0.5, 0.6) is 0 Å². The first-order chi connectivity index (χ1) is 12.5. The minimum atomic E-state index is 0. The lowest BCUT2D eigenvalue weighted by molar-refractivity contribution is 0.0827. The first-order valence-corrected chi connectivity index (χ1v) is 9.53. The molecule has 2 rings (SSSR count). The summed E-state index contributed by atoms with van der Waals surface area (Å²) in [5, 5.41) is 9.87. The third kappa shape index (κ3) is 7.84. The number of aryl methyl sites for hydroxylation is 2. The first-order valence-electron chi connectivity index (χ1n) is 8.65. The summed E-state index contributed by atoms with van der Waals surface area (Å²) < 4.78 is 0. The first kappa shape index (κ1) is 23.4. The highest BCUT2D eigenvalue weighted by Gasteiger charge is 2.07. The minimum Gasteiger partial charge on any atom is -0.356 e. The molecule has 0 unspecified atom stereocenters. The number of hydrogen-bond acceptors (Lipinski definition) is 4. The van der Waals surface area contributed by atoms with Gasteiger partial charge in [0.25, 0.3) is 5.91 Å². The summed E-state index contributed by atoms with van der Waals surface area (Å²) >= 11 is 1.71. The van der Waals surface area contributed by atoms with Crippen LogP contribution in [-0.2, 0) is 13.0 Å². The Balaban J connectivity index is 0.00000364. The quantitative estimate of drug-likeness (QED) is 0.265. The zero-order chi connectivity index (χ0) is 18.9. The molecule has 0 bridgehead atoms. The maximum Gasteiger partial charge on any atom is 0.253 e. The number of hydrogen-bond donors (Lipinski definition) is 2. The Labute approximate surface area is 182 Å². The largest absolute Gasteiger partial charge is 0.356 e. The number of aliphatic imine (C=N–C) groups is 1. The summed E-state index contributed by atoms with van der Waals surface area (Å²) in [5.41, 5.74) is 2.88. The van der Waals surface area contributed by atoms with E-state index in [1.165, 1.54) is 5.01 Å². The summed E-state index contributed by atoms with van der Waals surface area (Å²) in [4.78, 5) is 22.2. The zero-order valence-electron chi connectivity index (χ0n) is 16.3. The predicted octanol–water partition coefficient (Wildman–Crippen LogP) is 3.07. The van der Waals surface area contributed by atoms with Gasteiger partial charge in [0, 0.05) is 57.3 Å². The molecule has 1 aromatic carbocycles. The standard InChI is InChI=1S/C19H27N5OS.HI/c1-14-13-26-17(23-14)6-5-11-21-19(20-2)22-12-15-7-9-16(10-8-15)18(25)24(3)4;/h7-10,13H,5-6,11-12H2,1-4H3,(H2,20,21,22);1H. The van der Waals surface area contributed by atoms with Gasteiger partial charge in [0.05, 0.1) is 5.01 Å². The number of carbonyl (C=O) groups excluding carboxylic acids is 1. The molecule has 27 heavy (non-hydrogen) atoms. The number of rotatable bonds is 7. The van der Waals surface area contributed by atoms with Crippen LogP contribution in [0.4, 0.5) is 0 Å². The highest BCUT2D eigenvalue weighted by atomic mass is 127. The molecule has 1 aromatic heterocycles. The van der Waals surface area contributed by atoms with Gasteiger partial charge in [-0.05, 0) is 31.0 Å². The summed E-state index contributed by atoms with van der Waals surface area (Å²) in [6.45, 7) is 3.52. The second-order valence-corrected chi connectivity index (χ2v) is 7.18. The number of halogens is 1. The van der Waals surface area contributed by atoms with Crippen molar-refractivity contribution in [1.29, 1.82) is 0 Å². The van der Waals surface area contributed by atoms with Crippen molar-refractivity contribution in [1.82, 2.24) is 20.5 Å². The average Bonchev–Trinajstić information content (AvgIpc) is 3.06. The van der Waals surface area contributed by atoms with Crippen LogP contribution >= 0.6 is 35.3 Å². The van der Waals surface area contributed by atoms with E-state index in [2.05, 4.69) is 26.0 Å². The number of carbonyl (C=O) groups is 1. The topological polar surface area (TPSA) is 69.6 Å². The lowest BCUT2D eigenvalue weighted by Crippen LogP contribution is -2.37. The van der Waals surface area contributed by atoms with Gasteiger partial charge in [-0.2, -0.15) is 0 Å². The van der Waals surface area contributed by atoms with E-state index in [4.69, 9.17) is 0 Å². The van der Waals surface area contributed by atoms with E-state index < -0.39 is 0 Å². The lowest BCUT2D eigenvalue weighted by atomic mass is 10.1. The smallest absolute Gasteiger partial charge is 0.253 e. The van der Waals surface area contributed by atoms with Gasteiger partial charge in [-0.1, -0.05) is 12.1 Å². The van der Waals surface area contributed by atoms with Gasteiger partial charge < -0.3 is 15.5 Å². The molecule has 148 valence electrons. The second-order valence-electron chi connectivity index (χ2n) is 6.24. The number of thiazole rings is 1. The zero-order valence-corrected chi connectivity index (χ0v) is 19.4. The maximum absolute atomic E-state index is 11.9. The molecule has 0 aliphatic carbocycles. The Hall–Kier alpha value is -1.68. The monoisotopic (exact) mass is 501 g/mol. The summed E-state index contributed by atoms with van der Waals surface area (Å²) in [6.07, 6.45) is 1.98. The molecule has 0 spiro atoms. The molecule has 0 saturated heterocycles. The average molecular weight is 501 g/mol. The van der Waals surface area contributed by atoms with E-state index in [0.717, 1.165) is 36.6 Å². The Morgan fingerprint density at radius 1 is 1.22 bits per heavy atom. The molecule has 0 saturated carbocycles. The Kier molecular flexibility index (Phi) is 10.3. The van der Waals surface area contributed by atoms with Gasteiger partial charge in [0.15, 0.2) is 5.96 Å². The number of nitrogens with one attached hydrogen (secondary N) is 2. The molecule has 2 N–H and O–H groups in total. The van der Waals surface area contributed by atoms with E-state index in [1.807, 2.05) is 31.2 Å². The molecule has 6 nitrogen and oxygen atoms in total. The van der Waals surface area contributed by atoms with Crippen LogP contribution in [0.2, 0.25) is 0 Å². The summed E-state index contributed by atoms with van der Waals surface area (Å²) in [7, 11) is 5.27. The van der Waals surface area contributed by atoms with Crippen molar-refractivity contribution in [2.75, 3.05) is 27.7 Å². The van der Waals surface area contributed by atoms with Crippen LogP contribution in [0, 0.1) is 6.92 Å². The number of aromatic nitrogens is 1. The van der Waals surface area contributed by atoms with Gasteiger partial charge in [-0.3, -0.25) is 9.79 Å². The van der Waals surface area contributed by atoms with Crippen LogP contribution in [0.25, 0.3) is 0 Å². The van der Waals surface area contributed by atoms with E-state index in [1.54, 1.807) is 37.4 Å². The number of benzene rings is 1. The highest BCUT2D eigenvalue weighted by Crippen LogP contribution is 2.10. The molecule has 0 radical (unpaired) electrons. The van der Waals surface area contributed by atoms with E-state index in [-0.39, 0.29) is 29.9 Å². The number of nitrogens with zero attached hydrogens (tertiary/aromatic N) is 3. The maximum atomic E-state index is 11.9. The summed E-state index contributed by atoms with van der Waals surface area (Å²) in [6, 6.07) is 7.63. The van der Waals surface area contributed by atoms with Crippen LogP contribution in [-0.4, -0.2) is 49.4 Å². The normalized spacial score (nSPS) is 10.9. The molecule has 0 aliphatic rings. The van der Waals surface area contributed by atoms with Gasteiger partial charge >= 0.3 is 0 Å². The second kappa shape index (κ2) is 11.9. The summed E-state index contributed by atoms with van der Waals surface area (Å²) in [5.74, 6) is 0.783.